The molecule has 0 spiro atoms. The average molecular weight is 687 g/mol. The summed E-state index contributed by atoms with van der Waals surface area (Å²) in [4.78, 5) is 2.39. The molecule has 1 saturated heterocycles. The molecule has 2 atom stereocenters. The first-order chi connectivity index (χ1) is 24.2. The summed E-state index contributed by atoms with van der Waals surface area (Å²) in [5.41, 5.74) is 6.56. The minimum absolute atomic E-state index is 0.113. The molecule has 286 valence electrons. The van der Waals surface area contributed by atoms with Crippen LogP contribution in [0.2, 0.25) is 0 Å². The minimum atomic E-state index is -0.394. The Balaban J connectivity index is 2.12. The summed E-state index contributed by atoms with van der Waals surface area (Å²) in [6, 6.07) is 0. The Labute approximate surface area is 305 Å². The normalized spacial score (nSPS) is 16.3. The summed E-state index contributed by atoms with van der Waals surface area (Å²) >= 11 is 0. The molecule has 5 nitrogen and oxygen atoms in total. The predicted octanol–water partition coefficient (Wildman–Crippen LogP) is 11.8. The number of likely N-dealkylation sites (tertiary alicyclic amines) is 1. The summed E-state index contributed by atoms with van der Waals surface area (Å²) in [5.74, 6) is 0. The van der Waals surface area contributed by atoms with E-state index in [2.05, 4.69) is 67.4 Å². The summed E-state index contributed by atoms with van der Waals surface area (Å²) < 4.78 is 12.5. The first-order valence-electron chi connectivity index (χ1n) is 21.2. The van der Waals surface area contributed by atoms with Gasteiger partial charge in [-0.05, 0) is 89.9 Å². The van der Waals surface area contributed by atoms with Crippen molar-refractivity contribution >= 4 is 0 Å². The van der Waals surface area contributed by atoms with Gasteiger partial charge in [-0.1, -0.05) is 140 Å². The largest absolute Gasteiger partial charge is 0.393 e. The highest BCUT2D eigenvalue weighted by molar-refractivity contribution is 4.93. The molecule has 2 unspecified atom stereocenters. The first-order valence-corrected chi connectivity index (χ1v) is 21.2. The van der Waals surface area contributed by atoms with Crippen LogP contribution in [0.3, 0.4) is 0 Å². The Morgan fingerprint density at radius 1 is 0.551 bits per heavy atom. The Morgan fingerprint density at radius 2 is 0.939 bits per heavy atom. The van der Waals surface area contributed by atoms with Crippen molar-refractivity contribution < 1.29 is 14.6 Å². The smallest absolute Gasteiger partial charge is 0.133 e. The van der Waals surface area contributed by atoms with Crippen LogP contribution < -0.4 is 5.73 Å². The number of aliphatic hydroxyl groups is 1. The molecule has 0 aromatic rings. The van der Waals surface area contributed by atoms with E-state index in [9.17, 15) is 5.11 Å². The average Bonchev–Trinajstić information content (AvgIpc) is 3.11. The highest BCUT2D eigenvalue weighted by Gasteiger charge is 2.25. The molecule has 0 aromatic heterocycles. The quantitative estimate of drug-likeness (QED) is 0.0394. The topological polar surface area (TPSA) is 68.0 Å². The first kappa shape index (κ1) is 45.8. The molecule has 0 bridgehead atoms. The maximum absolute atomic E-state index is 9.93. The molecule has 49 heavy (non-hydrogen) atoms. The summed E-state index contributed by atoms with van der Waals surface area (Å²) in [6.45, 7) is 8.58. The highest BCUT2D eigenvalue weighted by Crippen LogP contribution is 2.15. The van der Waals surface area contributed by atoms with E-state index in [1.54, 1.807) is 0 Å². The third kappa shape index (κ3) is 31.2. The zero-order chi connectivity index (χ0) is 35.3. The monoisotopic (exact) mass is 687 g/mol. The number of aliphatic hydroxyl groups excluding tert-OH is 1. The lowest BCUT2D eigenvalue weighted by molar-refractivity contribution is -0.0870. The number of nitrogens with zero attached hydrogens (tertiary/aromatic N) is 1. The minimum Gasteiger partial charge on any atom is -0.393 e. The maximum Gasteiger partial charge on any atom is 0.133 e. The second-order valence-electron chi connectivity index (χ2n) is 14.4. The van der Waals surface area contributed by atoms with E-state index < -0.39 is 6.23 Å². The molecule has 0 saturated carbocycles. The van der Waals surface area contributed by atoms with E-state index in [1.165, 1.54) is 128 Å². The number of rotatable bonds is 35. The van der Waals surface area contributed by atoms with E-state index in [0.29, 0.717) is 6.61 Å². The van der Waals surface area contributed by atoms with Crippen LogP contribution in [0.1, 0.15) is 181 Å². The fourth-order valence-electron chi connectivity index (χ4n) is 6.35. The molecule has 1 aliphatic rings. The van der Waals surface area contributed by atoms with Crippen molar-refractivity contribution in [3.8, 4) is 0 Å². The molecule has 1 heterocycles. The van der Waals surface area contributed by atoms with Crippen molar-refractivity contribution in [2.24, 2.45) is 5.73 Å². The summed E-state index contributed by atoms with van der Waals surface area (Å²) in [6.07, 6.45) is 49.6. The molecule has 0 aliphatic carbocycles. The standard InChI is InChI=1S/C44H82N2O3/c1-3-5-7-9-11-13-15-17-19-21-23-25-27-29-31-33-39-48-43(41-46-37-35-42(47)36-38-46)44(45)49-40-34-32-30-28-26-24-22-20-18-16-14-12-10-8-6-4-2/h11-14,17-20,42-44,47H,3-10,15-16,21-41,45H2,1-2H3/b13-11-,14-12-,19-17-,20-18-. The van der Waals surface area contributed by atoms with Crippen molar-refractivity contribution in [2.45, 2.75) is 199 Å². The molecule has 1 aliphatic heterocycles. The second-order valence-corrected chi connectivity index (χ2v) is 14.4. The van der Waals surface area contributed by atoms with Crippen LogP contribution in [-0.2, 0) is 9.47 Å². The van der Waals surface area contributed by atoms with Gasteiger partial charge in [0.05, 0.1) is 6.10 Å². The fourth-order valence-corrected chi connectivity index (χ4v) is 6.35. The van der Waals surface area contributed by atoms with E-state index in [1.807, 2.05) is 0 Å². The van der Waals surface area contributed by atoms with Gasteiger partial charge >= 0.3 is 0 Å². The van der Waals surface area contributed by atoms with Crippen LogP contribution in [0.15, 0.2) is 48.6 Å². The van der Waals surface area contributed by atoms with Gasteiger partial charge in [-0.3, -0.25) is 0 Å². The zero-order valence-corrected chi connectivity index (χ0v) is 32.6. The molecule has 0 radical (unpaired) electrons. The van der Waals surface area contributed by atoms with Crippen LogP contribution in [0.5, 0.6) is 0 Å². The van der Waals surface area contributed by atoms with Crippen LogP contribution in [0.25, 0.3) is 0 Å². The van der Waals surface area contributed by atoms with Crippen LogP contribution in [0.4, 0.5) is 0 Å². The van der Waals surface area contributed by atoms with Gasteiger partial charge in [-0.15, -0.1) is 0 Å². The zero-order valence-electron chi connectivity index (χ0n) is 32.6. The number of unbranched alkanes of at least 4 members (excludes halogenated alkanes) is 18. The molecule has 5 heteroatoms. The number of ether oxygens (including phenoxy) is 2. The van der Waals surface area contributed by atoms with Gasteiger partial charge in [-0.25, -0.2) is 0 Å². The van der Waals surface area contributed by atoms with E-state index in [4.69, 9.17) is 15.2 Å². The molecule has 0 aromatic carbocycles. The number of hydrogen-bond acceptors (Lipinski definition) is 5. The second kappa shape index (κ2) is 36.5. The van der Waals surface area contributed by atoms with Gasteiger partial charge < -0.3 is 25.2 Å². The van der Waals surface area contributed by atoms with Gasteiger partial charge in [0.15, 0.2) is 0 Å². The molecule has 3 N–H and O–H groups in total. The van der Waals surface area contributed by atoms with Gasteiger partial charge in [0, 0.05) is 32.8 Å². The van der Waals surface area contributed by atoms with Gasteiger partial charge in [0.25, 0.3) is 0 Å². The van der Waals surface area contributed by atoms with E-state index in [-0.39, 0.29) is 12.2 Å². The molecule has 0 amide bonds. The van der Waals surface area contributed by atoms with E-state index in [0.717, 1.165) is 64.8 Å². The van der Waals surface area contributed by atoms with E-state index >= 15 is 0 Å². The lowest BCUT2D eigenvalue weighted by Gasteiger charge is -2.34. The lowest BCUT2D eigenvalue weighted by atomic mass is 10.1. The van der Waals surface area contributed by atoms with Crippen molar-refractivity contribution in [3.63, 3.8) is 0 Å². The fraction of sp³-hybridized carbons (Fsp3) is 0.818. The third-order valence-corrected chi connectivity index (χ3v) is 9.69. The third-order valence-electron chi connectivity index (χ3n) is 9.69. The van der Waals surface area contributed by atoms with Crippen molar-refractivity contribution in [3.05, 3.63) is 48.6 Å². The number of nitrogens with two attached hydrogens (primary N) is 1. The summed E-state index contributed by atoms with van der Waals surface area (Å²) in [5, 5.41) is 9.93. The van der Waals surface area contributed by atoms with Crippen LogP contribution in [-0.4, -0.2) is 61.3 Å². The maximum atomic E-state index is 9.93. The molecular formula is C44H82N2O3. The van der Waals surface area contributed by atoms with Crippen molar-refractivity contribution in [2.75, 3.05) is 32.8 Å². The van der Waals surface area contributed by atoms with Gasteiger partial charge in [0.1, 0.15) is 12.3 Å². The highest BCUT2D eigenvalue weighted by atomic mass is 16.5. The Hall–Kier alpha value is -1.24. The molecular weight excluding hydrogens is 604 g/mol. The predicted molar refractivity (Wildman–Crippen MR) is 214 cm³/mol. The number of hydrogen-bond donors (Lipinski definition) is 2. The molecule has 1 fully saturated rings. The Morgan fingerprint density at radius 3 is 1.39 bits per heavy atom. The van der Waals surface area contributed by atoms with Crippen molar-refractivity contribution in [1.82, 2.24) is 4.90 Å². The van der Waals surface area contributed by atoms with Crippen LogP contribution in [0, 0.1) is 0 Å². The Bertz CT molecular complexity index is 787. The molecule has 1 rings (SSSR count). The van der Waals surface area contributed by atoms with Gasteiger partial charge in [0.2, 0.25) is 0 Å². The Kier molecular flexibility index (Phi) is 34.1. The number of allylic oxidation sites excluding steroid dienone is 8. The summed E-state index contributed by atoms with van der Waals surface area (Å²) in [7, 11) is 0. The SMILES string of the molecule is CCCCC/C=C\C/C=C\CCCCCCCCOC(N)C(CN1CCC(O)CC1)OCCCCCCCC/C=C\C/C=C\CCCCC. The van der Waals surface area contributed by atoms with Crippen LogP contribution >= 0.6 is 0 Å². The number of piperidine rings is 1. The van der Waals surface area contributed by atoms with Crippen molar-refractivity contribution in [1.29, 1.82) is 0 Å². The van der Waals surface area contributed by atoms with Gasteiger partial charge in [-0.2, -0.15) is 0 Å². The lowest BCUT2D eigenvalue weighted by Crippen LogP contribution is -2.49.